The summed E-state index contributed by atoms with van der Waals surface area (Å²) in [5.41, 5.74) is 0.124. The minimum atomic E-state index is -4.32. The van der Waals surface area contributed by atoms with Crippen LogP contribution in [-0.4, -0.2) is 59.4 Å². The Bertz CT molecular complexity index is 615. The average molecular weight is 401 g/mol. The van der Waals surface area contributed by atoms with Gasteiger partial charge in [-0.25, -0.2) is 0 Å². The van der Waals surface area contributed by atoms with E-state index in [0.29, 0.717) is 18.9 Å². The molecule has 0 saturated carbocycles. The van der Waals surface area contributed by atoms with Crippen LogP contribution in [0.3, 0.4) is 0 Å². The predicted molar refractivity (Wildman–Crippen MR) is 103 cm³/mol. The molecule has 0 spiro atoms. The zero-order valence-electron chi connectivity index (χ0n) is 15.5. The molecule has 0 radical (unpaired) electrons. The lowest BCUT2D eigenvalue weighted by atomic mass is 10.1. The topological polar surface area (TPSA) is 23.6 Å². The lowest BCUT2D eigenvalue weighted by Gasteiger charge is -2.33. The van der Waals surface area contributed by atoms with Crippen LogP contribution in [0.25, 0.3) is 0 Å². The highest BCUT2D eigenvalue weighted by Gasteiger charge is 2.30. The molecule has 2 aliphatic rings. The number of hydrogen-bond donors (Lipinski definition) is 0. The highest BCUT2D eigenvalue weighted by molar-refractivity contribution is 7.99. The van der Waals surface area contributed by atoms with Gasteiger partial charge in [-0.2, -0.15) is 24.9 Å². The van der Waals surface area contributed by atoms with E-state index in [1.54, 1.807) is 0 Å². The highest BCUT2D eigenvalue weighted by Crippen LogP contribution is 2.29. The molecule has 2 saturated heterocycles. The summed E-state index contributed by atoms with van der Waals surface area (Å²) in [6.07, 6.45) is 0.000488. The molecule has 0 atom stereocenters. The van der Waals surface area contributed by atoms with E-state index in [1.165, 1.54) is 36.5 Å². The van der Waals surface area contributed by atoms with Crippen LogP contribution in [0, 0.1) is 0 Å². The summed E-state index contributed by atoms with van der Waals surface area (Å²) >= 11 is 2.03. The third kappa shape index (κ3) is 5.88. The van der Waals surface area contributed by atoms with Gasteiger partial charge in [-0.1, -0.05) is 12.1 Å². The summed E-state index contributed by atoms with van der Waals surface area (Å²) in [7, 11) is 0. The van der Waals surface area contributed by atoms with Gasteiger partial charge < -0.3 is 4.90 Å². The fraction of sp³-hybridized carbons (Fsp3) is 0.650. The van der Waals surface area contributed by atoms with Crippen molar-refractivity contribution < 1.29 is 18.0 Å². The van der Waals surface area contributed by atoms with Gasteiger partial charge in [0.1, 0.15) is 0 Å². The van der Waals surface area contributed by atoms with Gasteiger partial charge >= 0.3 is 6.18 Å². The standard InChI is InChI=1S/C20H27F3N2OS/c21-20(22,23)17-5-2-16(3-6-17)4-7-19(26)25-11-1-10-24(12-13-25)18-8-14-27-15-9-18/h2-3,5-6,18H,1,4,7-15H2. The summed E-state index contributed by atoms with van der Waals surface area (Å²) in [4.78, 5) is 17.0. The average Bonchev–Trinajstić information content (AvgIpc) is 2.93. The second kappa shape index (κ2) is 9.32. The molecular formula is C20H27F3N2OS. The molecule has 1 aromatic carbocycles. The smallest absolute Gasteiger partial charge is 0.341 e. The maximum Gasteiger partial charge on any atom is 0.416 e. The fourth-order valence-electron chi connectivity index (χ4n) is 3.87. The summed E-state index contributed by atoms with van der Waals surface area (Å²) < 4.78 is 37.8. The predicted octanol–water partition coefficient (Wildman–Crippen LogP) is 4.07. The van der Waals surface area contributed by atoms with E-state index in [1.807, 2.05) is 16.7 Å². The van der Waals surface area contributed by atoms with Crippen molar-refractivity contribution in [3.63, 3.8) is 0 Å². The first kappa shape index (κ1) is 20.5. The van der Waals surface area contributed by atoms with Crippen LogP contribution in [-0.2, 0) is 17.4 Å². The number of carbonyl (C=O) groups is 1. The van der Waals surface area contributed by atoms with Crippen LogP contribution in [0.1, 0.15) is 36.8 Å². The largest absolute Gasteiger partial charge is 0.416 e. The van der Waals surface area contributed by atoms with Crippen molar-refractivity contribution in [2.24, 2.45) is 0 Å². The van der Waals surface area contributed by atoms with E-state index in [-0.39, 0.29) is 5.91 Å². The van der Waals surface area contributed by atoms with Crippen molar-refractivity contribution in [2.75, 3.05) is 37.7 Å². The Kier molecular flexibility index (Phi) is 7.09. The Balaban J connectivity index is 1.46. The molecule has 0 aliphatic carbocycles. The third-order valence-corrected chi connectivity index (χ3v) is 6.55. The molecule has 3 rings (SSSR count). The molecule has 1 amide bonds. The zero-order chi connectivity index (χ0) is 19.3. The van der Waals surface area contributed by atoms with Gasteiger partial charge in [0.2, 0.25) is 5.91 Å². The van der Waals surface area contributed by atoms with E-state index in [0.717, 1.165) is 50.3 Å². The molecule has 2 fully saturated rings. The van der Waals surface area contributed by atoms with Crippen LogP contribution < -0.4 is 0 Å². The van der Waals surface area contributed by atoms with Crippen molar-refractivity contribution in [1.29, 1.82) is 0 Å². The lowest BCUT2D eigenvalue weighted by Crippen LogP contribution is -2.41. The van der Waals surface area contributed by atoms with Gasteiger partial charge in [-0.3, -0.25) is 9.69 Å². The number of aryl methyl sites for hydroxylation is 1. The van der Waals surface area contributed by atoms with Crippen LogP contribution >= 0.6 is 11.8 Å². The van der Waals surface area contributed by atoms with Gasteiger partial charge in [0.25, 0.3) is 0 Å². The number of alkyl halides is 3. The summed E-state index contributed by atoms with van der Waals surface area (Å²) in [5.74, 6) is 2.57. The van der Waals surface area contributed by atoms with Gasteiger partial charge in [-0.15, -0.1) is 0 Å². The molecule has 0 bridgehead atoms. The molecule has 3 nitrogen and oxygen atoms in total. The second-order valence-electron chi connectivity index (χ2n) is 7.31. The van der Waals surface area contributed by atoms with Gasteiger partial charge in [0.15, 0.2) is 0 Å². The highest BCUT2D eigenvalue weighted by atomic mass is 32.2. The molecule has 2 heterocycles. The summed E-state index contributed by atoms with van der Waals surface area (Å²) in [6.45, 7) is 3.53. The van der Waals surface area contributed by atoms with Crippen molar-refractivity contribution in [3.05, 3.63) is 35.4 Å². The van der Waals surface area contributed by atoms with Crippen LogP contribution in [0.15, 0.2) is 24.3 Å². The monoisotopic (exact) mass is 400 g/mol. The number of rotatable bonds is 4. The molecule has 2 aliphatic heterocycles. The number of amides is 1. The van der Waals surface area contributed by atoms with Crippen LogP contribution in [0.2, 0.25) is 0 Å². The molecular weight excluding hydrogens is 373 g/mol. The first-order valence-corrected chi connectivity index (χ1v) is 10.8. The van der Waals surface area contributed by atoms with Crippen molar-refractivity contribution >= 4 is 17.7 Å². The van der Waals surface area contributed by atoms with Crippen molar-refractivity contribution in [3.8, 4) is 0 Å². The van der Waals surface area contributed by atoms with E-state index in [9.17, 15) is 18.0 Å². The molecule has 0 N–H and O–H groups in total. The van der Waals surface area contributed by atoms with E-state index in [2.05, 4.69) is 4.90 Å². The summed E-state index contributed by atoms with van der Waals surface area (Å²) in [5, 5.41) is 0. The summed E-state index contributed by atoms with van der Waals surface area (Å²) in [6, 6.07) is 5.79. The quantitative estimate of drug-likeness (QED) is 0.761. The van der Waals surface area contributed by atoms with Gasteiger partial charge in [0.05, 0.1) is 5.56 Å². The Morgan fingerprint density at radius 2 is 1.74 bits per heavy atom. The SMILES string of the molecule is O=C(CCc1ccc(C(F)(F)F)cc1)N1CCCN(C2CCSCC2)CC1. The minimum absolute atomic E-state index is 0.107. The molecule has 150 valence electrons. The third-order valence-electron chi connectivity index (χ3n) is 5.50. The Hall–Kier alpha value is -1.21. The first-order chi connectivity index (χ1) is 12.9. The number of halogens is 3. The first-order valence-electron chi connectivity index (χ1n) is 9.69. The Morgan fingerprint density at radius 1 is 1.04 bits per heavy atom. The molecule has 0 aromatic heterocycles. The van der Waals surface area contributed by atoms with Crippen molar-refractivity contribution in [1.82, 2.24) is 9.80 Å². The van der Waals surface area contributed by atoms with Crippen LogP contribution in [0.4, 0.5) is 13.2 Å². The second-order valence-corrected chi connectivity index (χ2v) is 8.53. The number of nitrogens with zero attached hydrogens (tertiary/aromatic N) is 2. The minimum Gasteiger partial charge on any atom is -0.341 e. The zero-order valence-corrected chi connectivity index (χ0v) is 16.3. The molecule has 1 aromatic rings. The number of hydrogen-bond acceptors (Lipinski definition) is 3. The van der Waals surface area contributed by atoms with Gasteiger partial charge in [0, 0.05) is 38.6 Å². The van der Waals surface area contributed by atoms with E-state index >= 15 is 0 Å². The lowest BCUT2D eigenvalue weighted by molar-refractivity contribution is -0.137. The van der Waals surface area contributed by atoms with E-state index in [4.69, 9.17) is 0 Å². The number of benzene rings is 1. The van der Waals surface area contributed by atoms with Gasteiger partial charge in [-0.05, 0) is 54.9 Å². The fourth-order valence-corrected chi connectivity index (χ4v) is 4.95. The van der Waals surface area contributed by atoms with Crippen LogP contribution in [0.5, 0.6) is 0 Å². The molecule has 0 unspecified atom stereocenters. The Morgan fingerprint density at radius 3 is 2.41 bits per heavy atom. The Labute approximate surface area is 163 Å². The molecule has 7 heteroatoms. The van der Waals surface area contributed by atoms with E-state index < -0.39 is 11.7 Å². The maximum absolute atomic E-state index is 12.6. The van der Waals surface area contributed by atoms with Crippen molar-refractivity contribution in [2.45, 2.75) is 44.3 Å². The molecule has 27 heavy (non-hydrogen) atoms. The maximum atomic E-state index is 12.6. The normalized spacial score (nSPS) is 20.5. The number of thioether (sulfide) groups is 1. The number of carbonyl (C=O) groups excluding carboxylic acids is 1.